The van der Waals surface area contributed by atoms with Crippen molar-refractivity contribution in [3.63, 3.8) is 0 Å². The summed E-state index contributed by atoms with van der Waals surface area (Å²) in [5.41, 5.74) is 2.56. The number of amides is 1. The van der Waals surface area contributed by atoms with E-state index in [1.54, 1.807) is 18.2 Å². The van der Waals surface area contributed by atoms with Crippen LogP contribution in [-0.4, -0.2) is 69.0 Å². The van der Waals surface area contributed by atoms with E-state index in [0.717, 1.165) is 36.2 Å². The maximum absolute atomic E-state index is 13.6. The summed E-state index contributed by atoms with van der Waals surface area (Å²) in [5, 5.41) is 15.6. The minimum atomic E-state index is -1.13. The number of piperidine rings is 1. The first-order chi connectivity index (χ1) is 22.8. The Morgan fingerprint density at radius 2 is 1.77 bits per heavy atom. The summed E-state index contributed by atoms with van der Waals surface area (Å²) in [6.07, 6.45) is 3.92. The van der Waals surface area contributed by atoms with Crippen molar-refractivity contribution in [2.45, 2.75) is 61.7 Å². The van der Waals surface area contributed by atoms with Crippen molar-refractivity contribution < 1.29 is 19.4 Å². The number of H-pyrrole nitrogens is 2. The monoisotopic (exact) mass is 632 g/mol. The highest BCUT2D eigenvalue weighted by molar-refractivity contribution is 5.99. The van der Waals surface area contributed by atoms with Gasteiger partial charge in [-0.3, -0.25) is 24.3 Å². The van der Waals surface area contributed by atoms with Gasteiger partial charge < -0.3 is 20.1 Å². The van der Waals surface area contributed by atoms with Crippen molar-refractivity contribution in [2.75, 3.05) is 19.6 Å². The molecule has 2 aliphatic carbocycles. The number of aliphatic hydroxyl groups is 1. The summed E-state index contributed by atoms with van der Waals surface area (Å²) in [6.45, 7) is 1.94. The Morgan fingerprint density at radius 3 is 2.55 bits per heavy atom. The van der Waals surface area contributed by atoms with Crippen LogP contribution < -0.4 is 21.3 Å². The number of nitrogens with zero attached hydrogens (tertiary/aromatic N) is 1. The fourth-order valence-electron chi connectivity index (χ4n) is 8.68. The van der Waals surface area contributed by atoms with Crippen LogP contribution in [0.25, 0.3) is 11.1 Å². The molecule has 47 heavy (non-hydrogen) atoms. The van der Waals surface area contributed by atoms with Gasteiger partial charge >= 0.3 is 5.69 Å². The number of aromatic nitrogens is 2. The molecule has 0 radical (unpaired) electrons. The number of benzene rings is 3. The highest BCUT2D eigenvalue weighted by Crippen LogP contribution is 2.63. The number of nitrogens with one attached hydrogen (secondary N) is 3. The summed E-state index contributed by atoms with van der Waals surface area (Å²) < 4.78 is 6.47. The van der Waals surface area contributed by atoms with Crippen molar-refractivity contribution in [1.29, 1.82) is 0 Å². The highest BCUT2D eigenvalue weighted by atomic mass is 16.5. The van der Waals surface area contributed by atoms with Gasteiger partial charge in [-0.1, -0.05) is 60.7 Å². The number of carbonyl (C=O) groups excluding carboxylic acids is 2. The van der Waals surface area contributed by atoms with Gasteiger partial charge in [0.1, 0.15) is 5.75 Å². The molecule has 10 heteroatoms. The predicted molar refractivity (Wildman–Crippen MR) is 175 cm³/mol. The van der Waals surface area contributed by atoms with E-state index in [-0.39, 0.29) is 24.2 Å². The SMILES string of the molecule is O=C(NCCc1ccc(-c2c[nH]c(=O)[nH]c2=O)cc1)c1ccc2c3c1OC1C(=O)CCC4(O)C(C2)N(CCc2ccccc2)CC[C@]314. The number of aromatic amines is 2. The molecule has 4 aliphatic rings. The molecular weight excluding hydrogens is 596 g/mol. The molecule has 2 bridgehead atoms. The third kappa shape index (κ3) is 4.61. The minimum absolute atomic E-state index is 0.00568. The molecule has 4 N–H and O–H groups in total. The number of hydrogen-bond donors (Lipinski definition) is 4. The molecular formula is C37H36N4O6. The molecule has 3 aromatic carbocycles. The van der Waals surface area contributed by atoms with Crippen molar-refractivity contribution in [2.24, 2.45) is 0 Å². The number of rotatable bonds is 8. The second-order valence-corrected chi connectivity index (χ2v) is 13.3. The molecule has 2 fully saturated rings. The maximum atomic E-state index is 13.6. The van der Waals surface area contributed by atoms with Crippen molar-refractivity contribution in [1.82, 2.24) is 20.2 Å². The maximum Gasteiger partial charge on any atom is 0.325 e. The lowest BCUT2D eigenvalue weighted by molar-refractivity contribution is -0.188. The molecule has 2 aliphatic heterocycles. The van der Waals surface area contributed by atoms with Crippen LogP contribution in [0, 0.1) is 0 Å². The van der Waals surface area contributed by atoms with Crippen molar-refractivity contribution in [3.8, 4) is 16.9 Å². The summed E-state index contributed by atoms with van der Waals surface area (Å²) in [7, 11) is 0. The Morgan fingerprint density at radius 1 is 0.979 bits per heavy atom. The fourth-order valence-corrected chi connectivity index (χ4v) is 8.68. The summed E-state index contributed by atoms with van der Waals surface area (Å²) in [6, 6.07) is 21.4. The van der Waals surface area contributed by atoms with E-state index < -0.39 is 28.4 Å². The van der Waals surface area contributed by atoms with E-state index in [9.17, 15) is 24.3 Å². The second-order valence-electron chi connectivity index (χ2n) is 13.3. The van der Waals surface area contributed by atoms with Crippen LogP contribution in [0.4, 0.5) is 0 Å². The standard InChI is InChI=1S/C37H36N4O6/c42-28-12-15-37(46)29-20-25-10-11-26(33(43)38-17-13-23-6-8-24(9-7-23)27-21-39-35(45)40-34(27)44)31-30(25)36(37,32(28)47-31)16-19-41(29)18-14-22-4-2-1-3-5-22/h1-11,21,29,32,46H,12-20H2,(H,38,43)(H2,39,40,44,45)/t29?,32?,36-,37?/m0/s1. The largest absolute Gasteiger partial charge is 0.480 e. The molecule has 3 heterocycles. The Bertz CT molecular complexity index is 2000. The average Bonchev–Trinajstić information content (AvgIpc) is 3.43. The van der Waals surface area contributed by atoms with Crippen LogP contribution in [0.1, 0.15) is 51.9 Å². The van der Waals surface area contributed by atoms with Crippen LogP contribution >= 0.6 is 0 Å². The molecule has 4 aromatic rings. The van der Waals surface area contributed by atoms with E-state index in [2.05, 4.69) is 32.3 Å². The molecule has 240 valence electrons. The van der Waals surface area contributed by atoms with Gasteiger partial charge in [-0.05, 0) is 67.0 Å². The average molecular weight is 633 g/mol. The molecule has 4 atom stereocenters. The molecule has 8 rings (SSSR count). The number of Topliss-reactive ketones (excluding diaryl/α,β-unsaturated/α-hetero) is 1. The zero-order valence-electron chi connectivity index (χ0n) is 25.9. The molecule has 1 aromatic heterocycles. The lowest BCUT2D eigenvalue weighted by atomic mass is 9.49. The Balaban J connectivity index is 1.02. The Labute approximate surface area is 270 Å². The van der Waals surface area contributed by atoms with E-state index in [1.165, 1.54) is 11.8 Å². The molecule has 1 amide bonds. The Hall–Kier alpha value is -4.80. The van der Waals surface area contributed by atoms with E-state index >= 15 is 0 Å². The fraction of sp³-hybridized carbons (Fsp3) is 0.351. The number of ketones is 1. The number of carbonyl (C=O) groups is 2. The van der Waals surface area contributed by atoms with Gasteiger partial charge in [0.05, 0.1) is 22.1 Å². The van der Waals surface area contributed by atoms with Crippen LogP contribution in [-0.2, 0) is 29.5 Å². The van der Waals surface area contributed by atoms with Gasteiger partial charge in [-0.25, -0.2) is 4.79 Å². The van der Waals surface area contributed by atoms with E-state index in [1.807, 2.05) is 36.4 Å². The van der Waals surface area contributed by atoms with Crippen molar-refractivity contribution in [3.05, 3.63) is 122 Å². The van der Waals surface area contributed by atoms with Crippen molar-refractivity contribution >= 4 is 11.7 Å². The quantitative estimate of drug-likeness (QED) is 0.234. The predicted octanol–water partition coefficient (Wildman–Crippen LogP) is 2.67. The molecule has 10 nitrogen and oxygen atoms in total. The lowest BCUT2D eigenvalue weighted by Gasteiger charge is -2.62. The molecule has 1 saturated heterocycles. The second kappa shape index (κ2) is 11.2. The van der Waals surface area contributed by atoms with E-state index in [0.29, 0.717) is 54.7 Å². The smallest absolute Gasteiger partial charge is 0.325 e. The summed E-state index contributed by atoms with van der Waals surface area (Å²) in [4.78, 5) is 57.6. The first-order valence-electron chi connectivity index (χ1n) is 16.3. The number of hydrogen-bond acceptors (Lipinski definition) is 7. The summed E-state index contributed by atoms with van der Waals surface area (Å²) in [5.74, 6) is 0.159. The lowest BCUT2D eigenvalue weighted by Crippen LogP contribution is -2.76. The number of likely N-dealkylation sites (tertiary alicyclic amines) is 1. The first-order valence-corrected chi connectivity index (χ1v) is 16.3. The van der Waals surface area contributed by atoms with Gasteiger partial charge in [0.15, 0.2) is 11.9 Å². The first kappa shape index (κ1) is 29.6. The number of ether oxygens (including phenoxy) is 1. The summed E-state index contributed by atoms with van der Waals surface area (Å²) >= 11 is 0. The third-order valence-corrected chi connectivity index (χ3v) is 10.9. The van der Waals surface area contributed by atoms with Gasteiger partial charge in [-0.2, -0.15) is 0 Å². The van der Waals surface area contributed by atoms with E-state index in [4.69, 9.17) is 4.74 Å². The Kier molecular flexibility index (Phi) is 7.03. The molecule has 1 spiro atoms. The van der Waals surface area contributed by atoms with Crippen LogP contribution in [0.15, 0.2) is 82.5 Å². The topological polar surface area (TPSA) is 145 Å². The van der Waals surface area contributed by atoms with Gasteiger partial charge in [-0.15, -0.1) is 0 Å². The van der Waals surface area contributed by atoms with Crippen LogP contribution in [0.2, 0.25) is 0 Å². The van der Waals surface area contributed by atoms with Crippen LogP contribution in [0.5, 0.6) is 5.75 Å². The van der Waals surface area contributed by atoms with Gasteiger partial charge in [0.2, 0.25) is 0 Å². The van der Waals surface area contributed by atoms with Gasteiger partial charge in [0, 0.05) is 37.3 Å². The minimum Gasteiger partial charge on any atom is -0.480 e. The zero-order chi connectivity index (χ0) is 32.3. The zero-order valence-corrected chi connectivity index (χ0v) is 25.9. The third-order valence-electron chi connectivity index (χ3n) is 10.9. The molecule has 3 unspecified atom stereocenters. The highest BCUT2D eigenvalue weighted by Gasteiger charge is 2.73. The molecule has 1 saturated carbocycles. The normalized spacial score (nSPS) is 25.6. The van der Waals surface area contributed by atoms with Crippen LogP contribution in [0.3, 0.4) is 0 Å². The van der Waals surface area contributed by atoms with Gasteiger partial charge in [0.25, 0.3) is 11.5 Å².